The lowest BCUT2D eigenvalue weighted by molar-refractivity contribution is 0.170. The van der Waals surface area contributed by atoms with Gasteiger partial charge < -0.3 is 14.8 Å². The van der Waals surface area contributed by atoms with Crippen LogP contribution in [0.4, 0.5) is 5.82 Å². The van der Waals surface area contributed by atoms with Crippen LogP contribution in [0.2, 0.25) is 0 Å². The molecule has 0 radical (unpaired) electrons. The SMILES string of the molecule is Cc1cc(NCc2cccc3c2OCCO3)nc(C(C)C)n1. The normalized spacial score (nSPS) is 13.3. The third kappa shape index (κ3) is 3.13. The van der Waals surface area contributed by atoms with E-state index < -0.39 is 0 Å². The fourth-order valence-electron chi connectivity index (χ4n) is 2.40. The number of rotatable bonds is 4. The molecule has 1 aromatic carbocycles. The summed E-state index contributed by atoms with van der Waals surface area (Å²) in [5.74, 6) is 3.65. The monoisotopic (exact) mass is 299 g/mol. The van der Waals surface area contributed by atoms with Crippen molar-refractivity contribution in [3.8, 4) is 11.5 Å². The summed E-state index contributed by atoms with van der Waals surface area (Å²) in [7, 11) is 0. The maximum absolute atomic E-state index is 5.73. The minimum absolute atomic E-state index is 0.307. The average Bonchev–Trinajstić information content (AvgIpc) is 2.52. The van der Waals surface area contributed by atoms with E-state index in [-0.39, 0.29) is 0 Å². The Morgan fingerprint density at radius 1 is 1.18 bits per heavy atom. The summed E-state index contributed by atoms with van der Waals surface area (Å²) in [4.78, 5) is 9.03. The smallest absolute Gasteiger partial charge is 0.166 e. The maximum atomic E-state index is 5.73. The molecule has 0 saturated heterocycles. The van der Waals surface area contributed by atoms with Crippen molar-refractivity contribution in [2.75, 3.05) is 18.5 Å². The molecule has 0 saturated carbocycles. The Bertz CT molecular complexity index is 671. The summed E-state index contributed by atoms with van der Waals surface area (Å²) in [6, 6.07) is 7.91. The third-order valence-electron chi connectivity index (χ3n) is 3.50. The number of hydrogen-bond donors (Lipinski definition) is 1. The highest BCUT2D eigenvalue weighted by Gasteiger charge is 2.15. The Kier molecular flexibility index (Phi) is 4.13. The van der Waals surface area contributed by atoms with Crippen LogP contribution in [0.25, 0.3) is 0 Å². The zero-order valence-electron chi connectivity index (χ0n) is 13.2. The summed E-state index contributed by atoms with van der Waals surface area (Å²) in [5, 5.41) is 3.36. The molecule has 2 heterocycles. The van der Waals surface area contributed by atoms with Gasteiger partial charge in [0.25, 0.3) is 0 Å². The van der Waals surface area contributed by atoms with E-state index in [1.165, 1.54) is 0 Å². The van der Waals surface area contributed by atoms with Gasteiger partial charge in [-0.3, -0.25) is 0 Å². The molecule has 1 aromatic heterocycles. The topological polar surface area (TPSA) is 56.3 Å². The van der Waals surface area contributed by atoms with E-state index in [0.717, 1.165) is 34.4 Å². The van der Waals surface area contributed by atoms with Crippen molar-refractivity contribution >= 4 is 5.82 Å². The summed E-state index contributed by atoms with van der Waals surface area (Å²) < 4.78 is 11.3. The molecule has 2 aromatic rings. The van der Waals surface area contributed by atoms with E-state index in [2.05, 4.69) is 29.1 Å². The van der Waals surface area contributed by atoms with Gasteiger partial charge in [-0.2, -0.15) is 0 Å². The van der Waals surface area contributed by atoms with Crippen molar-refractivity contribution in [2.45, 2.75) is 33.2 Å². The van der Waals surface area contributed by atoms with Gasteiger partial charge in [-0.1, -0.05) is 26.0 Å². The molecular weight excluding hydrogens is 278 g/mol. The molecule has 116 valence electrons. The lowest BCUT2D eigenvalue weighted by Gasteiger charge is -2.21. The molecule has 0 unspecified atom stereocenters. The largest absolute Gasteiger partial charge is 0.486 e. The minimum Gasteiger partial charge on any atom is -0.486 e. The first-order chi connectivity index (χ1) is 10.6. The van der Waals surface area contributed by atoms with E-state index in [1.54, 1.807) is 0 Å². The van der Waals surface area contributed by atoms with E-state index in [0.29, 0.717) is 25.7 Å². The van der Waals surface area contributed by atoms with Gasteiger partial charge >= 0.3 is 0 Å². The molecule has 1 N–H and O–H groups in total. The zero-order chi connectivity index (χ0) is 15.5. The number of nitrogens with one attached hydrogen (secondary N) is 1. The number of fused-ring (bicyclic) bond motifs is 1. The highest BCUT2D eigenvalue weighted by molar-refractivity contribution is 5.49. The van der Waals surface area contributed by atoms with Crippen LogP contribution >= 0.6 is 0 Å². The summed E-state index contributed by atoms with van der Waals surface area (Å²) in [6.45, 7) is 8.01. The summed E-state index contributed by atoms with van der Waals surface area (Å²) >= 11 is 0. The van der Waals surface area contributed by atoms with Crippen molar-refractivity contribution < 1.29 is 9.47 Å². The second-order valence-corrected chi connectivity index (χ2v) is 5.70. The number of aromatic nitrogens is 2. The molecule has 1 aliphatic rings. The Labute approximate surface area is 130 Å². The Balaban J connectivity index is 1.78. The molecule has 5 heteroatoms. The van der Waals surface area contributed by atoms with Crippen LogP contribution < -0.4 is 14.8 Å². The minimum atomic E-state index is 0.307. The Morgan fingerprint density at radius 3 is 2.82 bits per heavy atom. The first-order valence-corrected chi connectivity index (χ1v) is 7.60. The number of para-hydroxylation sites is 1. The standard InChI is InChI=1S/C17H21N3O2/c1-11(2)17-19-12(3)9-15(20-17)18-10-13-5-4-6-14-16(13)22-8-7-21-14/h4-6,9,11H,7-8,10H2,1-3H3,(H,18,19,20). The van der Waals surface area contributed by atoms with Crippen molar-refractivity contribution in [1.82, 2.24) is 9.97 Å². The van der Waals surface area contributed by atoms with E-state index in [9.17, 15) is 0 Å². The third-order valence-corrected chi connectivity index (χ3v) is 3.50. The van der Waals surface area contributed by atoms with Crippen LogP contribution in [0.5, 0.6) is 11.5 Å². The van der Waals surface area contributed by atoms with Gasteiger partial charge in [0.2, 0.25) is 0 Å². The number of hydrogen-bond acceptors (Lipinski definition) is 5. The first kappa shape index (κ1) is 14.6. The number of aryl methyl sites for hydroxylation is 1. The van der Waals surface area contributed by atoms with E-state index >= 15 is 0 Å². The van der Waals surface area contributed by atoms with Crippen LogP contribution in [0.1, 0.15) is 36.8 Å². The number of benzene rings is 1. The van der Waals surface area contributed by atoms with Crippen LogP contribution in [0.3, 0.4) is 0 Å². The maximum Gasteiger partial charge on any atom is 0.166 e. The predicted octanol–water partition coefficient (Wildman–Crippen LogP) is 3.29. The molecular formula is C17H21N3O2. The lowest BCUT2D eigenvalue weighted by atomic mass is 10.1. The van der Waals surface area contributed by atoms with Gasteiger partial charge in [0.05, 0.1) is 0 Å². The molecule has 3 rings (SSSR count). The second-order valence-electron chi connectivity index (χ2n) is 5.70. The molecule has 1 aliphatic heterocycles. The fourth-order valence-corrected chi connectivity index (χ4v) is 2.40. The highest BCUT2D eigenvalue weighted by atomic mass is 16.6. The second kappa shape index (κ2) is 6.22. The van der Waals surface area contributed by atoms with Gasteiger partial charge in [-0.25, -0.2) is 9.97 Å². The molecule has 5 nitrogen and oxygen atoms in total. The van der Waals surface area contributed by atoms with Crippen LogP contribution in [-0.4, -0.2) is 23.2 Å². The van der Waals surface area contributed by atoms with E-state index in [4.69, 9.17) is 9.47 Å². The molecule has 0 aliphatic carbocycles. The number of anilines is 1. The molecule has 0 bridgehead atoms. The lowest BCUT2D eigenvalue weighted by Crippen LogP contribution is -2.17. The average molecular weight is 299 g/mol. The molecule has 22 heavy (non-hydrogen) atoms. The molecule has 0 fully saturated rings. The number of ether oxygens (including phenoxy) is 2. The van der Waals surface area contributed by atoms with Gasteiger partial charge in [0.1, 0.15) is 24.9 Å². The zero-order valence-corrected chi connectivity index (χ0v) is 13.2. The van der Waals surface area contributed by atoms with Gasteiger partial charge in [-0.15, -0.1) is 0 Å². The highest BCUT2D eigenvalue weighted by Crippen LogP contribution is 2.33. The van der Waals surface area contributed by atoms with Crippen molar-refractivity contribution in [2.24, 2.45) is 0 Å². The number of nitrogens with zero attached hydrogens (tertiary/aromatic N) is 2. The molecule has 0 atom stereocenters. The van der Waals surface area contributed by atoms with Crippen molar-refractivity contribution in [3.63, 3.8) is 0 Å². The van der Waals surface area contributed by atoms with Gasteiger partial charge in [0, 0.05) is 29.8 Å². The quantitative estimate of drug-likeness (QED) is 0.939. The molecule has 0 spiro atoms. The fraction of sp³-hybridized carbons (Fsp3) is 0.412. The van der Waals surface area contributed by atoms with Gasteiger partial charge in [-0.05, 0) is 13.0 Å². The van der Waals surface area contributed by atoms with Crippen molar-refractivity contribution in [3.05, 3.63) is 41.3 Å². The van der Waals surface area contributed by atoms with Crippen LogP contribution in [0, 0.1) is 6.92 Å². The van der Waals surface area contributed by atoms with Crippen molar-refractivity contribution in [1.29, 1.82) is 0 Å². The summed E-state index contributed by atoms with van der Waals surface area (Å²) in [6.07, 6.45) is 0. The van der Waals surface area contributed by atoms with Gasteiger partial charge in [0.15, 0.2) is 11.5 Å². The van der Waals surface area contributed by atoms with Crippen LogP contribution in [0.15, 0.2) is 24.3 Å². The first-order valence-electron chi connectivity index (χ1n) is 7.60. The van der Waals surface area contributed by atoms with Crippen LogP contribution in [-0.2, 0) is 6.54 Å². The Hall–Kier alpha value is -2.30. The summed E-state index contributed by atoms with van der Waals surface area (Å²) in [5.41, 5.74) is 2.04. The van der Waals surface area contributed by atoms with E-state index in [1.807, 2.05) is 31.2 Å². The Morgan fingerprint density at radius 2 is 2.00 bits per heavy atom. The molecule has 0 amide bonds. The predicted molar refractivity (Wildman–Crippen MR) is 85.6 cm³/mol.